The molecular formula is C19H34N2. The minimum atomic E-state index is 0.0833. The maximum atomic E-state index is 6.53. The first-order valence-electron chi connectivity index (χ1n) is 8.61. The topological polar surface area (TPSA) is 29.3 Å². The van der Waals surface area contributed by atoms with E-state index >= 15 is 0 Å². The van der Waals surface area contributed by atoms with Gasteiger partial charge < -0.3 is 5.73 Å². The Morgan fingerprint density at radius 3 is 2.10 bits per heavy atom. The Kier molecular flexibility index (Phi) is 7.98. The molecular weight excluding hydrogens is 256 g/mol. The van der Waals surface area contributed by atoms with Gasteiger partial charge in [-0.1, -0.05) is 51.0 Å². The third-order valence-electron chi connectivity index (χ3n) is 4.50. The molecule has 2 heteroatoms. The molecule has 0 aliphatic carbocycles. The van der Waals surface area contributed by atoms with Crippen LogP contribution in [0.4, 0.5) is 0 Å². The molecule has 0 saturated heterocycles. The van der Waals surface area contributed by atoms with E-state index in [0.29, 0.717) is 12.1 Å². The van der Waals surface area contributed by atoms with Gasteiger partial charge >= 0.3 is 0 Å². The van der Waals surface area contributed by atoms with E-state index in [0.717, 1.165) is 13.0 Å². The lowest BCUT2D eigenvalue weighted by Crippen LogP contribution is -2.45. The summed E-state index contributed by atoms with van der Waals surface area (Å²) in [5.41, 5.74) is 9.16. The number of rotatable bonds is 9. The summed E-state index contributed by atoms with van der Waals surface area (Å²) in [6, 6.07) is 9.80. The third kappa shape index (κ3) is 5.44. The molecule has 0 heterocycles. The van der Waals surface area contributed by atoms with Crippen molar-refractivity contribution in [1.29, 1.82) is 0 Å². The highest BCUT2D eigenvalue weighted by atomic mass is 15.2. The van der Waals surface area contributed by atoms with Gasteiger partial charge in [0.2, 0.25) is 0 Å². The van der Waals surface area contributed by atoms with Crippen molar-refractivity contribution in [2.75, 3.05) is 6.54 Å². The lowest BCUT2D eigenvalue weighted by Gasteiger charge is -2.36. The molecule has 0 spiro atoms. The van der Waals surface area contributed by atoms with E-state index in [1.807, 2.05) is 0 Å². The number of hydrogen-bond donors (Lipinski definition) is 1. The Bertz CT molecular complexity index is 383. The Labute approximate surface area is 131 Å². The molecule has 0 radical (unpaired) electrons. The van der Waals surface area contributed by atoms with E-state index in [9.17, 15) is 0 Å². The summed E-state index contributed by atoms with van der Waals surface area (Å²) in [4.78, 5) is 2.55. The molecule has 0 aromatic heterocycles. The van der Waals surface area contributed by atoms with Gasteiger partial charge in [0, 0.05) is 18.1 Å². The molecule has 2 N–H and O–H groups in total. The molecule has 1 rings (SSSR count). The lowest BCUT2D eigenvalue weighted by atomic mass is 9.97. The lowest BCUT2D eigenvalue weighted by molar-refractivity contribution is 0.140. The zero-order valence-corrected chi connectivity index (χ0v) is 14.6. The molecule has 21 heavy (non-hydrogen) atoms. The first-order chi connectivity index (χ1) is 10.0. The van der Waals surface area contributed by atoms with Crippen LogP contribution in [0.1, 0.15) is 71.0 Å². The van der Waals surface area contributed by atoms with E-state index in [4.69, 9.17) is 5.73 Å². The summed E-state index contributed by atoms with van der Waals surface area (Å²) in [6.45, 7) is 12.4. The fourth-order valence-electron chi connectivity index (χ4n) is 2.94. The zero-order valence-electron chi connectivity index (χ0n) is 14.6. The number of hydrogen-bond acceptors (Lipinski definition) is 2. The molecule has 1 aromatic carbocycles. The molecule has 120 valence electrons. The summed E-state index contributed by atoms with van der Waals surface area (Å²) in [7, 11) is 0. The Morgan fingerprint density at radius 2 is 1.62 bits per heavy atom. The summed E-state index contributed by atoms with van der Waals surface area (Å²) < 4.78 is 0. The van der Waals surface area contributed by atoms with Crippen molar-refractivity contribution in [3.63, 3.8) is 0 Å². The van der Waals surface area contributed by atoms with Crippen molar-refractivity contribution in [2.45, 2.75) is 78.4 Å². The molecule has 2 unspecified atom stereocenters. The van der Waals surface area contributed by atoms with Gasteiger partial charge in [0.25, 0.3) is 0 Å². The number of aryl methyl sites for hydroxylation is 1. The second kappa shape index (κ2) is 9.22. The standard InChI is InChI=1S/C19H34N2/c1-6-8-9-14-21(15(3)4)16(5)19(20)18-12-10-17(7-2)11-13-18/h10-13,15-16,19H,6-9,14,20H2,1-5H3. The molecule has 2 nitrogen and oxygen atoms in total. The van der Waals surface area contributed by atoms with Crippen molar-refractivity contribution in [3.05, 3.63) is 35.4 Å². The minimum absolute atomic E-state index is 0.0833. The van der Waals surface area contributed by atoms with E-state index in [1.165, 1.54) is 30.4 Å². The second-order valence-electron chi connectivity index (χ2n) is 6.40. The van der Waals surface area contributed by atoms with Crippen LogP contribution in [0, 0.1) is 0 Å². The van der Waals surface area contributed by atoms with Crippen LogP contribution in [0.3, 0.4) is 0 Å². The van der Waals surface area contributed by atoms with Gasteiger partial charge in [-0.2, -0.15) is 0 Å². The zero-order chi connectivity index (χ0) is 15.8. The monoisotopic (exact) mass is 290 g/mol. The Morgan fingerprint density at radius 1 is 1.00 bits per heavy atom. The van der Waals surface area contributed by atoms with Gasteiger partial charge in [0.1, 0.15) is 0 Å². The molecule has 1 aromatic rings. The van der Waals surface area contributed by atoms with Crippen LogP contribution in [-0.4, -0.2) is 23.5 Å². The van der Waals surface area contributed by atoms with Crippen molar-refractivity contribution in [1.82, 2.24) is 4.90 Å². The summed E-state index contributed by atoms with van der Waals surface area (Å²) in [5, 5.41) is 0. The highest BCUT2D eigenvalue weighted by Gasteiger charge is 2.23. The first-order valence-corrected chi connectivity index (χ1v) is 8.61. The van der Waals surface area contributed by atoms with Crippen LogP contribution in [0.5, 0.6) is 0 Å². The average Bonchev–Trinajstić information content (AvgIpc) is 2.50. The average molecular weight is 290 g/mol. The highest BCUT2D eigenvalue weighted by Crippen LogP contribution is 2.21. The highest BCUT2D eigenvalue weighted by molar-refractivity contribution is 5.25. The smallest absolute Gasteiger partial charge is 0.0450 e. The molecule has 2 atom stereocenters. The number of nitrogens with zero attached hydrogens (tertiary/aromatic N) is 1. The third-order valence-corrected chi connectivity index (χ3v) is 4.50. The first kappa shape index (κ1) is 18.2. The predicted octanol–water partition coefficient (Wildman–Crippen LogP) is 4.54. The van der Waals surface area contributed by atoms with E-state index < -0.39 is 0 Å². The SMILES string of the molecule is CCCCCN(C(C)C)C(C)C(N)c1ccc(CC)cc1. The summed E-state index contributed by atoms with van der Waals surface area (Å²) in [6.07, 6.45) is 4.92. The van der Waals surface area contributed by atoms with Crippen LogP contribution in [-0.2, 0) is 6.42 Å². The molecule has 0 amide bonds. The fourth-order valence-corrected chi connectivity index (χ4v) is 2.94. The summed E-state index contributed by atoms with van der Waals surface area (Å²) in [5.74, 6) is 0. The van der Waals surface area contributed by atoms with Crippen LogP contribution >= 0.6 is 0 Å². The van der Waals surface area contributed by atoms with Gasteiger partial charge in [0.15, 0.2) is 0 Å². The van der Waals surface area contributed by atoms with Crippen LogP contribution in [0.15, 0.2) is 24.3 Å². The van der Waals surface area contributed by atoms with E-state index in [-0.39, 0.29) is 6.04 Å². The van der Waals surface area contributed by atoms with Crippen molar-refractivity contribution in [3.8, 4) is 0 Å². The molecule has 0 aliphatic heterocycles. The van der Waals surface area contributed by atoms with Gasteiger partial charge in [-0.05, 0) is 51.3 Å². The number of unbranched alkanes of at least 4 members (excludes halogenated alkanes) is 2. The van der Waals surface area contributed by atoms with Crippen LogP contribution in [0.2, 0.25) is 0 Å². The van der Waals surface area contributed by atoms with Crippen LogP contribution < -0.4 is 5.73 Å². The molecule has 0 fully saturated rings. The molecule has 0 bridgehead atoms. The van der Waals surface area contributed by atoms with Gasteiger partial charge in [-0.3, -0.25) is 4.90 Å². The quantitative estimate of drug-likeness (QED) is 0.677. The summed E-state index contributed by atoms with van der Waals surface area (Å²) >= 11 is 0. The van der Waals surface area contributed by atoms with Crippen LogP contribution in [0.25, 0.3) is 0 Å². The van der Waals surface area contributed by atoms with Crippen molar-refractivity contribution < 1.29 is 0 Å². The predicted molar refractivity (Wildman–Crippen MR) is 93.6 cm³/mol. The van der Waals surface area contributed by atoms with E-state index in [1.54, 1.807) is 0 Å². The molecule has 0 aliphatic rings. The molecule has 0 saturated carbocycles. The second-order valence-corrected chi connectivity index (χ2v) is 6.40. The van der Waals surface area contributed by atoms with Crippen molar-refractivity contribution >= 4 is 0 Å². The van der Waals surface area contributed by atoms with Crippen molar-refractivity contribution in [2.24, 2.45) is 5.73 Å². The fraction of sp³-hybridized carbons (Fsp3) is 0.684. The van der Waals surface area contributed by atoms with Gasteiger partial charge in [-0.15, -0.1) is 0 Å². The number of nitrogens with two attached hydrogens (primary N) is 1. The van der Waals surface area contributed by atoms with Gasteiger partial charge in [-0.25, -0.2) is 0 Å². The number of benzene rings is 1. The maximum Gasteiger partial charge on any atom is 0.0450 e. The minimum Gasteiger partial charge on any atom is -0.323 e. The Hall–Kier alpha value is -0.860. The van der Waals surface area contributed by atoms with E-state index in [2.05, 4.69) is 63.8 Å². The largest absolute Gasteiger partial charge is 0.323 e. The maximum absolute atomic E-state index is 6.53. The normalized spacial score (nSPS) is 14.7. The Balaban J connectivity index is 2.73. The van der Waals surface area contributed by atoms with Gasteiger partial charge in [0.05, 0.1) is 0 Å².